The molecule has 0 spiro atoms. The van der Waals surface area contributed by atoms with Crippen molar-refractivity contribution in [2.24, 2.45) is 4.99 Å². The Hall–Kier alpha value is -0.780. The third kappa shape index (κ3) is 3.66. The van der Waals surface area contributed by atoms with Gasteiger partial charge in [-0.25, -0.2) is 4.99 Å². The SMILES string of the molecule is CONc1ccc(Br)c(N=C(Cl)N(C)C)c1. The van der Waals surface area contributed by atoms with Crippen molar-refractivity contribution in [3.05, 3.63) is 22.7 Å². The largest absolute Gasteiger partial charge is 0.353 e. The molecule has 0 saturated carbocycles. The van der Waals surface area contributed by atoms with Crippen LogP contribution in [0, 0.1) is 0 Å². The molecule has 1 aromatic carbocycles. The van der Waals surface area contributed by atoms with E-state index in [2.05, 4.69) is 26.4 Å². The van der Waals surface area contributed by atoms with E-state index in [1.54, 1.807) is 12.0 Å². The standard InChI is InChI=1S/C10H13BrClN3O/c1-15(2)10(12)13-9-6-7(14-16-3)4-5-8(9)11/h4-6,14H,1-3H3. The van der Waals surface area contributed by atoms with Crippen molar-refractivity contribution in [1.82, 2.24) is 4.90 Å². The first-order chi connectivity index (χ1) is 7.54. The van der Waals surface area contributed by atoms with Crippen LogP contribution in [0.2, 0.25) is 0 Å². The lowest BCUT2D eigenvalue weighted by atomic mass is 10.3. The molecule has 0 atom stereocenters. The van der Waals surface area contributed by atoms with Gasteiger partial charge in [-0.1, -0.05) is 0 Å². The van der Waals surface area contributed by atoms with Crippen molar-refractivity contribution in [3.8, 4) is 0 Å². The molecule has 6 heteroatoms. The monoisotopic (exact) mass is 305 g/mol. The van der Waals surface area contributed by atoms with Crippen LogP contribution in [-0.4, -0.2) is 31.4 Å². The van der Waals surface area contributed by atoms with Gasteiger partial charge in [0.1, 0.15) is 0 Å². The lowest BCUT2D eigenvalue weighted by Gasteiger charge is -2.10. The maximum Gasteiger partial charge on any atom is 0.198 e. The van der Waals surface area contributed by atoms with Gasteiger partial charge in [0.15, 0.2) is 5.29 Å². The molecule has 0 aromatic heterocycles. The summed E-state index contributed by atoms with van der Waals surface area (Å²) in [5.41, 5.74) is 4.28. The van der Waals surface area contributed by atoms with E-state index in [9.17, 15) is 0 Å². The van der Waals surface area contributed by atoms with Crippen LogP contribution in [0.15, 0.2) is 27.7 Å². The third-order valence-corrected chi connectivity index (χ3v) is 2.84. The van der Waals surface area contributed by atoms with Gasteiger partial charge < -0.3 is 4.90 Å². The van der Waals surface area contributed by atoms with Crippen LogP contribution in [-0.2, 0) is 4.84 Å². The fraction of sp³-hybridized carbons (Fsp3) is 0.300. The zero-order valence-corrected chi connectivity index (χ0v) is 11.6. The third-order valence-electron chi connectivity index (χ3n) is 1.75. The van der Waals surface area contributed by atoms with E-state index in [1.807, 2.05) is 32.3 Å². The number of benzene rings is 1. The minimum Gasteiger partial charge on any atom is -0.353 e. The van der Waals surface area contributed by atoms with Gasteiger partial charge in [0.05, 0.1) is 18.5 Å². The Bertz CT molecular complexity index is 396. The molecule has 0 radical (unpaired) electrons. The second-order valence-corrected chi connectivity index (χ2v) is 4.44. The zero-order valence-electron chi connectivity index (χ0n) is 9.29. The molecule has 0 aliphatic carbocycles. The maximum atomic E-state index is 5.96. The van der Waals surface area contributed by atoms with Crippen molar-refractivity contribution in [3.63, 3.8) is 0 Å². The second-order valence-electron chi connectivity index (χ2n) is 3.25. The summed E-state index contributed by atoms with van der Waals surface area (Å²) in [7, 11) is 5.21. The van der Waals surface area contributed by atoms with Crippen LogP contribution >= 0.6 is 27.5 Å². The first-order valence-corrected chi connectivity index (χ1v) is 5.71. The van der Waals surface area contributed by atoms with Crippen LogP contribution in [0.1, 0.15) is 0 Å². The average molecular weight is 307 g/mol. The van der Waals surface area contributed by atoms with E-state index in [4.69, 9.17) is 16.4 Å². The number of halogens is 2. The zero-order chi connectivity index (χ0) is 12.1. The molecular weight excluding hydrogens is 293 g/mol. The smallest absolute Gasteiger partial charge is 0.198 e. The minimum absolute atomic E-state index is 0.412. The Morgan fingerprint density at radius 3 is 2.75 bits per heavy atom. The van der Waals surface area contributed by atoms with E-state index < -0.39 is 0 Å². The minimum atomic E-state index is 0.412. The molecular formula is C10H13BrClN3O. The number of anilines is 1. The lowest BCUT2D eigenvalue weighted by Crippen LogP contribution is -2.15. The summed E-state index contributed by atoms with van der Waals surface area (Å²) < 4.78 is 0.870. The Morgan fingerprint density at radius 2 is 2.19 bits per heavy atom. The van der Waals surface area contributed by atoms with Crippen molar-refractivity contribution >= 4 is 44.2 Å². The molecule has 0 fully saturated rings. The number of hydrogen-bond acceptors (Lipinski definition) is 3. The quantitative estimate of drug-likeness (QED) is 0.403. The molecule has 1 aromatic rings. The van der Waals surface area contributed by atoms with E-state index >= 15 is 0 Å². The van der Waals surface area contributed by atoms with E-state index in [-0.39, 0.29) is 0 Å². The molecule has 88 valence electrons. The van der Waals surface area contributed by atoms with Crippen LogP contribution in [0.4, 0.5) is 11.4 Å². The van der Waals surface area contributed by atoms with Gasteiger partial charge in [-0.05, 0) is 45.7 Å². The van der Waals surface area contributed by atoms with E-state index in [1.165, 1.54) is 0 Å². The van der Waals surface area contributed by atoms with E-state index in [0.29, 0.717) is 5.29 Å². The Balaban J connectivity index is 3.02. The Kier molecular flexibility index (Phi) is 5.05. The molecule has 0 aliphatic rings. The fourth-order valence-electron chi connectivity index (χ4n) is 0.979. The predicted molar refractivity (Wildman–Crippen MR) is 71.4 cm³/mol. The normalized spacial score (nSPS) is 11.4. The van der Waals surface area contributed by atoms with Gasteiger partial charge in [0.25, 0.3) is 0 Å². The number of rotatable bonds is 3. The molecule has 16 heavy (non-hydrogen) atoms. The summed E-state index contributed by atoms with van der Waals surface area (Å²) >= 11 is 9.36. The van der Waals surface area contributed by atoms with Crippen LogP contribution in [0.5, 0.6) is 0 Å². The van der Waals surface area contributed by atoms with Crippen molar-refractivity contribution < 1.29 is 4.84 Å². The number of amidine groups is 1. The molecule has 0 unspecified atom stereocenters. The van der Waals surface area contributed by atoms with Crippen LogP contribution in [0.25, 0.3) is 0 Å². The predicted octanol–water partition coefficient (Wildman–Crippen LogP) is 3.21. The summed E-state index contributed by atoms with van der Waals surface area (Å²) in [6, 6.07) is 5.58. The second kappa shape index (κ2) is 6.08. The highest BCUT2D eigenvalue weighted by atomic mass is 79.9. The van der Waals surface area contributed by atoms with Crippen molar-refractivity contribution in [2.45, 2.75) is 0 Å². The molecule has 4 nitrogen and oxygen atoms in total. The van der Waals surface area contributed by atoms with Gasteiger partial charge in [0.2, 0.25) is 0 Å². The van der Waals surface area contributed by atoms with Crippen LogP contribution in [0.3, 0.4) is 0 Å². The highest BCUT2D eigenvalue weighted by molar-refractivity contribution is 9.10. The maximum absolute atomic E-state index is 5.96. The summed E-state index contributed by atoms with van der Waals surface area (Å²) in [4.78, 5) is 10.8. The summed E-state index contributed by atoms with van der Waals surface area (Å²) in [5.74, 6) is 0. The molecule has 0 heterocycles. The summed E-state index contributed by atoms with van der Waals surface area (Å²) in [6.45, 7) is 0. The highest BCUT2D eigenvalue weighted by Crippen LogP contribution is 2.29. The van der Waals surface area contributed by atoms with Gasteiger partial charge in [-0.15, -0.1) is 0 Å². The van der Waals surface area contributed by atoms with E-state index in [0.717, 1.165) is 15.8 Å². The first kappa shape index (κ1) is 13.3. The summed E-state index contributed by atoms with van der Waals surface area (Å²) in [6.07, 6.45) is 0. The Labute approximate surface area is 108 Å². The molecule has 0 amide bonds. The summed E-state index contributed by atoms with van der Waals surface area (Å²) in [5, 5.41) is 0.412. The lowest BCUT2D eigenvalue weighted by molar-refractivity contribution is 0.271. The van der Waals surface area contributed by atoms with Gasteiger partial charge >= 0.3 is 0 Å². The van der Waals surface area contributed by atoms with Gasteiger partial charge in [0, 0.05) is 18.6 Å². The average Bonchev–Trinajstić information content (AvgIpc) is 2.23. The first-order valence-electron chi connectivity index (χ1n) is 4.54. The van der Waals surface area contributed by atoms with Crippen molar-refractivity contribution in [2.75, 3.05) is 26.7 Å². The number of nitrogens with zero attached hydrogens (tertiary/aromatic N) is 2. The molecule has 1 N–H and O–H groups in total. The highest BCUT2D eigenvalue weighted by Gasteiger charge is 2.03. The van der Waals surface area contributed by atoms with Crippen molar-refractivity contribution in [1.29, 1.82) is 0 Å². The number of hydrogen-bond donors (Lipinski definition) is 1. The molecule has 1 rings (SSSR count). The number of aliphatic imine (C=N–C) groups is 1. The topological polar surface area (TPSA) is 36.9 Å². The number of nitrogens with one attached hydrogen (secondary N) is 1. The van der Waals surface area contributed by atoms with Crippen LogP contribution < -0.4 is 5.48 Å². The fourth-order valence-corrected chi connectivity index (χ4v) is 1.41. The Morgan fingerprint density at radius 1 is 1.50 bits per heavy atom. The van der Waals surface area contributed by atoms with Gasteiger partial charge in [-0.2, -0.15) is 0 Å². The molecule has 0 saturated heterocycles. The molecule has 0 aliphatic heterocycles. The van der Waals surface area contributed by atoms with Gasteiger partial charge in [-0.3, -0.25) is 10.3 Å². The molecule has 0 bridgehead atoms.